The van der Waals surface area contributed by atoms with Crippen molar-refractivity contribution in [3.63, 3.8) is 0 Å². The van der Waals surface area contributed by atoms with Crippen LogP contribution in [0.2, 0.25) is 0 Å². The van der Waals surface area contributed by atoms with Crippen LogP contribution in [0.15, 0.2) is 24.3 Å². The lowest BCUT2D eigenvalue weighted by atomic mass is 9.91. The normalized spacial score (nSPS) is 14.1. The van der Waals surface area contributed by atoms with Gasteiger partial charge in [0, 0.05) is 0 Å². The summed E-state index contributed by atoms with van der Waals surface area (Å²) in [6, 6.07) is 8.07. The Hall–Kier alpha value is -1.35. The highest BCUT2D eigenvalue weighted by Gasteiger charge is 2.35. The number of aryl methyl sites for hydroxylation is 1. The summed E-state index contributed by atoms with van der Waals surface area (Å²) in [4.78, 5) is 11.9. The van der Waals surface area contributed by atoms with Crippen LogP contribution in [0.25, 0.3) is 0 Å². The molecule has 0 amide bonds. The van der Waals surface area contributed by atoms with Gasteiger partial charge in [-0.25, -0.2) is 4.79 Å². The Bertz CT molecular complexity index is 372. The van der Waals surface area contributed by atoms with Crippen molar-refractivity contribution in [3.8, 4) is 0 Å². The molecule has 0 bridgehead atoms. The summed E-state index contributed by atoms with van der Waals surface area (Å²) >= 11 is 0. The fourth-order valence-electron chi connectivity index (χ4n) is 1.92. The molecule has 3 nitrogen and oxygen atoms in total. The summed E-state index contributed by atoms with van der Waals surface area (Å²) in [5.74, 6) is -0.261. The molecule has 0 saturated carbocycles. The quantitative estimate of drug-likeness (QED) is 0.795. The Balaban J connectivity index is 3.08. The van der Waals surface area contributed by atoms with E-state index in [1.807, 2.05) is 38.1 Å². The number of nitrogens with one attached hydrogen (secondary N) is 1. The summed E-state index contributed by atoms with van der Waals surface area (Å²) in [7, 11) is 1.42. The maximum Gasteiger partial charge on any atom is 0.330 e. The van der Waals surface area contributed by atoms with Gasteiger partial charge in [0.1, 0.15) is 5.54 Å². The standard InChI is InChI=1S/C14H21NO2/c1-5-11-7-9-12(10-8-11)14(3,15-6-2)13(16)17-4/h7-10,15H,5-6H2,1-4H3. The van der Waals surface area contributed by atoms with E-state index in [9.17, 15) is 4.79 Å². The Morgan fingerprint density at radius 3 is 2.29 bits per heavy atom. The van der Waals surface area contributed by atoms with Gasteiger partial charge in [-0.1, -0.05) is 38.1 Å². The topological polar surface area (TPSA) is 38.3 Å². The molecule has 0 aliphatic heterocycles. The van der Waals surface area contributed by atoms with E-state index in [2.05, 4.69) is 12.2 Å². The molecular weight excluding hydrogens is 214 g/mol. The number of rotatable bonds is 5. The third-order valence-corrected chi connectivity index (χ3v) is 3.06. The average molecular weight is 235 g/mol. The summed E-state index contributed by atoms with van der Waals surface area (Å²) < 4.78 is 4.88. The highest BCUT2D eigenvalue weighted by Crippen LogP contribution is 2.22. The predicted octanol–water partition coefficient (Wildman–Crippen LogP) is 2.25. The second-order valence-electron chi connectivity index (χ2n) is 4.20. The molecule has 1 aromatic rings. The Morgan fingerprint density at radius 1 is 1.29 bits per heavy atom. The van der Waals surface area contributed by atoms with Gasteiger partial charge in [-0.3, -0.25) is 5.32 Å². The van der Waals surface area contributed by atoms with Gasteiger partial charge in [0.05, 0.1) is 7.11 Å². The van der Waals surface area contributed by atoms with Crippen molar-refractivity contribution in [2.75, 3.05) is 13.7 Å². The minimum atomic E-state index is -0.768. The summed E-state index contributed by atoms with van der Waals surface area (Å²) in [6.45, 7) is 6.64. The van der Waals surface area contributed by atoms with Gasteiger partial charge in [-0.05, 0) is 31.0 Å². The van der Waals surface area contributed by atoms with E-state index in [1.165, 1.54) is 12.7 Å². The Labute approximate surface area is 103 Å². The van der Waals surface area contributed by atoms with E-state index in [4.69, 9.17) is 4.74 Å². The van der Waals surface area contributed by atoms with Gasteiger partial charge in [0.25, 0.3) is 0 Å². The first-order valence-corrected chi connectivity index (χ1v) is 6.01. The van der Waals surface area contributed by atoms with Gasteiger partial charge in [0.2, 0.25) is 0 Å². The molecule has 0 heterocycles. The van der Waals surface area contributed by atoms with Crippen LogP contribution in [-0.4, -0.2) is 19.6 Å². The van der Waals surface area contributed by atoms with Gasteiger partial charge in [-0.15, -0.1) is 0 Å². The second-order valence-corrected chi connectivity index (χ2v) is 4.20. The van der Waals surface area contributed by atoms with Gasteiger partial charge in [0.15, 0.2) is 0 Å². The minimum absolute atomic E-state index is 0.261. The van der Waals surface area contributed by atoms with E-state index < -0.39 is 5.54 Å². The van der Waals surface area contributed by atoms with E-state index in [-0.39, 0.29) is 5.97 Å². The van der Waals surface area contributed by atoms with Crippen LogP contribution in [0.3, 0.4) is 0 Å². The third kappa shape index (κ3) is 2.86. The van der Waals surface area contributed by atoms with Crippen molar-refractivity contribution in [3.05, 3.63) is 35.4 Å². The molecule has 0 aliphatic carbocycles. The molecule has 0 aliphatic rings. The number of ether oxygens (including phenoxy) is 1. The van der Waals surface area contributed by atoms with Crippen LogP contribution >= 0.6 is 0 Å². The number of carbonyl (C=O) groups is 1. The zero-order valence-corrected chi connectivity index (χ0v) is 11.0. The van der Waals surface area contributed by atoms with E-state index in [0.717, 1.165) is 12.0 Å². The molecule has 1 atom stereocenters. The molecule has 0 spiro atoms. The third-order valence-electron chi connectivity index (χ3n) is 3.06. The predicted molar refractivity (Wildman–Crippen MR) is 68.9 cm³/mol. The highest BCUT2D eigenvalue weighted by molar-refractivity contribution is 5.82. The highest BCUT2D eigenvalue weighted by atomic mass is 16.5. The summed E-state index contributed by atoms with van der Waals surface area (Å²) in [6.07, 6.45) is 0.996. The Kier molecular flexibility index (Phi) is 4.70. The molecule has 1 unspecified atom stereocenters. The first-order valence-electron chi connectivity index (χ1n) is 6.01. The molecule has 1 rings (SSSR count). The number of methoxy groups -OCH3 is 1. The van der Waals surface area contributed by atoms with Crippen molar-refractivity contribution < 1.29 is 9.53 Å². The van der Waals surface area contributed by atoms with Crippen LogP contribution in [0, 0.1) is 0 Å². The number of hydrogen-bond donors (Lipinski definition) is 1. The fraction of sp³-hybridized carbons (Fsp3) is 0.500. The molecule has 1 N–H and O–H groups in total. The van der Waals surface area contributed by atoms with Crippen molar-refractivity contribution in [2.45, 2.75) is 32.7 Å². The number of benzene rings is 1. The lowest BCUT2D eigenvalue weighted by Crippen LogP contribution is -2.47. The van der Waals surface area contributed by atoms with Gasteiger partial charge < -0.3 is 4.74 Å². The van der Waals surface area contributed by atoms with Crippen LogP contribution < -0.4 is 5.32 Å². The van der Waals surface area contributed by atoms with E-state index in [0.29, 0.717) is 6.54 Å². The second kappa shape index (κ2) is 5.82. The zero-order chi connectivity index (χ0) is 12.9. The maximum atomic E-state index is 11.9. The lowest BCUT2D eigenvalue weighted by molar-refractivity contribution is -0.148. The van der Waals surface area contributed by atoms with Crippen LogP contribution in [0.5, 0.6) is 0 Å². The van der Waals surface area contributed by atoms with Gasteiger partial charge >= 0.3 is 5.97 Å². The maximum absolute atomic E-state index is 11.9. The van der Waals surface area contributed by atoms with Crippen LogP contribution in [-0.2, 0) is 21.5 Å². The first-order chi connectivity index (χ1) is 8.08. The molecule has 0 aromatic heterocycles. The number of likely N-dealkylation sites (N-methyl/N-ethyl adjacent to an activating group) is 1. The largest absolute Gasteiger partial charge is 0.467 e. The van der Waals surface area contributed by atoms with E-state index in [1.54, 1.807) is 0 Å². The summed E-state index contributed by atoms with van der Waals surface area (Å²) in [5, 5.41) is 3.19. The molecule has 0 fully saturated rings. The molecule has 94 valence electrons. The molecule has 3 heteroatoms. The molecule has 1 aromatic carbocycles. The van der Waals surface area contributed by atoms with Crippen molar-refractivity contribution in [2.24, 2.45) is 0 Å². The minimum Gasteiger partial charge on any atom is -0.467 e. The number of carbonyl (C=O) groups excluding carboxylic acids is 1. The van der Waals surface area contributed by atoms with Gasteiger partial charge in [-0.2, -0.15) is 0 Å². The number of hydrogen-bond acceptors (Lipinski definition) is 3. The molecule has 0 radical (unpaired) electrons. The van der Waals surface area contributed by atoms with Crippen LogP contribution in [0.1, 0.15) is 31.9 Å². The van der Waals surface area contributed by atoms with Crippen molar-refractivity contribution >= 4 is 5.97 Å². The molecule has 0 saturated heterocycles. The lowest BCUT2D eigenvalue weighted by Gasteiger charge is -2.28. The monoisotopic (exact) mass is 235 g/mol. The van der Waals surface area contributed by atoms with Crippen LogP contribution in [0.4, 0.5) is 0 Å². The number of esters is 1. The summed E-state index contributed by atoms with van der Waals surface area (Å²) in [5.41, 5.74) is 1.43. The van der Waals surface area contributed by atoms with Crippen molar-refractivity contribution in [1.82, 2.24) is 5.32 Å². The molecular formula is C14H21NO2. The fourth-order valence-corrected chi connectivity index (χ4v) is 1.92. The van der Waals surface area contributed by atoms with E-state index >= 15 is 0 Å². The molecule has 17 heavy (non-hydrogen) atoms. The average Bonchev–Trinajstić information content (AvgIpc) is 2.38. The first kappa shape index (κ1) is 13.7. The van der Waals surface area contributed by atoms with Crippen molar-refractivity contribution in [1.29, 1.82) is 0 Å². The zero-order valence-electron chi connectivity index (χ0n) is 11.0. The SMILES string of the molecule is CCNC(C)(C(=O)OC)c1ccc(CC)cc1. The smallest absolute Gasteiger partial charge is 0.330 e. The Morgan fingerprint density at radius 2 is 1.88 bits per heavy atom.